The first-order chi connectivity index (χ1) is 7.24. The quantitative estimate of drug-likeness (QED) is 0.814. The van der Waals surface area contributed by atoms with Crippen molar-refractivity contribution in [3.8, 4) is 0 Å². The van der Waals surface area contributed by atoms with Crippen molar-refractivity contribution >= 4 is 5.82 Å². The summed E-state index contributed by atoms with van der Waals surface area (Å²) in [6.45, 7) is 2.17. The molecule has 1 aliphatic carbocycles. The minimum atomic E-state index is 0.356. The van der Waals surface area contributed by atoms with Gasteiger partial charge < -0.3 is 10.2 Å². The number of hydrogen-bond acceptors (Lipinski definition) is 3. The highest BCUT2D eigenvalue weighted by atomic mass is 15.2. The Hall–Kier alpha value is -1.09. The Morgan fingerprint density at radius 2 is 2.27 bits per heavy atom. The summed E-state index contributed by atoms with van der Waals surface area (Å²) >= 11 is 0. The predicted molar refractivity (Wildman–Crippen MR) is 63.1 cm³/mol. The molecule has 0 aliphatic heterocycles. The third-order valence-corrected chi connectivity index (χ3v) is 3.15. The van der Waals surface area contributed by atoms with Gasteiger partial charge in [-0.3, -0.25) is 0 Å². The van der Waals surface area contributed by atoms with Gasteiger partial charge in [0.1, 0.15) is 5.82 Å². The van der Waals surface area contributed by atoms with Crippen molar-refractivity contribution < 1.29 is 0 Å². The molecule has 3 heteroatoms. The molecule has 0 radical (unpaired) electrons. The SMILES string of the molecule is CNC(C)c1cccnc1N(C)C1CC1. The van der Waals surface area contributed by atoms with Gasteiger partial charge in [-0.25, -0.2) is 4.98 Å². The lowest BCUT2D eigenvalue weighted by Crippen LogP contribution is -2.24. The maximum atomic E-state index is 4.49. The van der Waals surface area contributed by atoms with Crippen LogP contribution in [0.1, 0.15) is 31.4 Å². The highest BCUT2D eigenvalue weighted by Crippen LogP contribution is 2.32. The molecule has 1 aromatic rings. The third-order valence-electron chi connectivity index (χ3n) is 3.15. The average molecular weight is 205 g/mol. The molecule has 0 spiro atoms. The van der Waals surface area contributed by atoms with Crippen molar-refractivity contribution in [3.63, 3.8) is 0 Å². The highest BCUT2D eigenvalue weighted by Gasteiger charge is 2.28. The molecular formula is C12H19N3. The summed E-state index contributed by atoms with van der Waals surface area (Å²) in [7, 11) is 4.13. The van der Waals surface area contributed by atoms with Crippen molar-refractivity contribution in [2.24, 2.45) is 0 Å². The van der Waals surface area contributed by atoms with Crippen LogP contribution in [0.3, 0.4) is 0 Å². The Labute approximate surface area is 91.5 Å². The van der Waals surface area contributed by atoms with E-state index < -0.39 is 0 Å². The topological polar surface area (TPSA) is 28.2 Å². The Bertz CT molecular complexity index is 333. The zero-order valence-electron chi connectivity index (χ0n) is 9.70. The van der Waals surface area contributed by atoms with Crippen LogP contribution in [-0.2, 0) is 0 Å². The van der Waals surface area contributed by atoms with E-state index in [0.29, 0.717) is 12.1 Å². The van der Waals surface area contributed by atoms with E-state index in [9.17, 15) is 0 Å². The average Bonchev–Trinajstić information content (AvgIpc) is 3.11. The van der Waals surface area contributed by atoms with Crippen LogP contribution in [0.15, 0.2) is 18.3 Å². The van der Waals surface area contributed by atoms with Gasteiger partial charge in [-0.1, -0.05) is 6.07 Å². The lowest BCUT2D eigenvalue weighted by atomic mass is 10.1. The fraction of sp³-hybridized carbons (Fsp3) is 0.583. The number of nitrogens with one attached hydrogen (secondary N) is 1. The molecule has 1 aliphatic rings. The van der Waals surface area contributed by atoms with E-state index in [1.165, 1.54) is 18.4 Å². The van der Waals surface area contributed by atoms with Crippen LogP contribution in [0.4, 0.5) is 5.82 Å². The third kappa shape index (κ3) is 2.12. The standard InChI is InChI=1S/C12H19N3/c1-9(13-2)11-5-4-8-14-12(11)15(3)10-6-7-10/h4-5,8-10,13H,6-7H2,1-3H3. The van der Waals surface area contributed by atoms with Gasteiger partial charge in [0.05, 0.1) is 0 Å². The van der Waals surface area contributed by atoms with E-state index in [1.807, 2.05) is 19.3 Å². The molecule has 1 heterocycles. The molecule has 2 rings (SSSR count). The number of hydrogen-bond donors (Lipinski definition) is 1. The zero-order valence-corrected chi connectivity index (χ0v) is 9.70. The van der Waals surface area contributed by atoms with Crippen LogP contribution in [0, 0.1) is 0 Å². The molecule has 0 saturated heterocycles. The van der Waals surface area contributed by atoms with E-state index in [-0.39, 0.29) is 0 Å². The largest absolute Gasteiger partial charge is 0.356 e. The van der Waals surface area contributed by atoms with E-state index in [2.05, 4.69) is 35.2 Å². The number of rotatable bonds is 4. The zero-order chi connectivity index (χ0) is 10.8. The molecule has 1 N–H and O–H groups in total. The van der Waals surface area contributed by atoms with Gasteiger partial charge in [-0.2, -0.15) is 0 Å². The minimum Gasteiger partial charge on any atom is -0.356 e. The number of anilines is 1. The van der Waals surface area contributed by atoms with Crippen LogP contribution in [0.2, 0.25) is 0 Å². The normalized spacial score (nSPS) is 17.5. The fourth-order valence-corrected chi connectivity index (χ4v) is 1.83. The summed E-state index contributed by atoms with van der Waals surface area (Å²) in [5.41, 5.74) is 1.29. The van der Waals surface area contributed by atoms with Gasteiger partial charge in [0.15, 0.2) is 0 Å². The Kier molecular flexibility index (Phi) is 2.91. The van der Waals surface area contributed by atoms with Gasteiger partial charge in [-0.05, 0) is 32.9 Å². The molecule has 1 unspecified atom stereocenters. The molecular weight excluding hydrogens is 186 g/mol. The molecule has 0 bridgehead atoms. The second-order valence-electron chi connectivity index (χ2n) is 4.27. The number of nitrogens with zero attached hydrogens (tertiary/aromatic N) is 2. The second-order valence-corrected chi connectivity index (χ2v) is 4.27. The van der Waals surface area contributed by atoms with Crippen LogP contribution >= 0.6 is 0 Å². The molecule has 1 aromatic heterocycles. The maximum absolute atomic E-state index is 4.49. The Morgan fingerprint density at radius 1 is 1.53 bits per heavy atom. The lowest BCUT2D eigenvalue weighted by Gasteiger charge is -2.23. The molecule has 0 amide bonds. The van der Waals surface area contributed by atoms with Crippen LogP contribution < -0.4 is 10.2 Å². The monoisotopic (exact) mass is 205 g/mol. The van der Waals surface area contributed by atoms with Crippen LogP contribution in [-0.4, -0.2) is 25.1 Å². The summed E-state index contributed by atoms with van der Waals surface area (Å²) in [4.78, 5) is 6.80. The summed E-state index contributed by atoms with van der Waals surface area (Å²) in [6, 6.07) is 5.23. The first kappa shape index (κ1) is 10.4. The van der Waals surface area contributed by atoms with Gasteiger partial charge in [-0.15, -0.1) is 0 Å². The first-order valence-corrected chi connectivity index (χ1v) is 5.59. The Morgan fingerprint density at radius 3 is 2.87 bits per heavy atom. The second kappa shape index (κ2) is 4.19. The van der Waals surface area contributed by atoms with Crippen LogP contribution in [0.5, 0.6) is 0 Å². The van der Waals surface area contributed by atoms with E-state index in [0.717, 1.165) is 5.82 Å². The molecule has 1 saturated carbocycles. The summed E-state index contributed by atoms with van der Waals surface area (Å²) in [5, 5.41) is 3.27. The van der Waals surface area contributed by atoms with E-state index >= 15 is 0 Å². The van der Waals surface area contributed by atoms with Gasteiger partial charge >= 0.3 is 0 Å². The van der Waals surface area contributed by atoms with E-state index in [4.69, 9.17) is 0 Å². The molecule has 82 valence electrons. The van der Waals surface area contributed by atoms with Crippen molar-refractivity contribution in [2.45, 2.75) is 31.8 Å². The van der Waals surface area contributed by atoms with Crippen molar-refractivity contribution in [3.05, 3.63) is 23.9 Å². The van der Waals surface area contributed by atoms with Gasteiger partial charge in [0, 0.05) is 30.9 Å². The maximum Gasteiger partial charge on any atom is 0.133 e. The van der Waals surface area contributed by atoms with Crippen molar-refractivity contribution in [2.75, 3.05) is 19.0 Å². The number of aromatic nitrogens is 1. The molecule has 3 nitrogen and oxygen atoms in total. The minimum absolute atomic E-state index is 0.356. The summed E-state index contributed by atoms with van der Waals surface area (Å²) < 4.78 is 0. The van der Waals surface area contributed by atoms with Crippen LogP contribution in [0.25, 0.3) is 0 Å². The molecule has 1 atom stereocenters. The fourth-order valence-electron chi connectivity index (χ4n) is 1.83. The Balaban J connectivity index is 2.27. The van der Waals surface area contributed by atoms with Crippen molar-refractivity contribution in [1.82, 2.24) is 10.3 Å². The number of pyridine rings is 1. The molecule has 1 fully saturated rings. The summed E-state index contributed by atoms with van der Waals surface area (Å²) in [5.74, 6) is 1.13. The predicted octanol–water partition coefficient (Wildman–Crippen LogP) is 1.96. The van der Waals surface area contributed by atoms with Gasteiger partial charge in [0.2, 0.25) is 0 Å². The van der Waals surface area contributed by atoms with E-state index in [1.54, 1.807) is 0 Å². The van der Waals surface area contributed by atoms with Gasteiger partial charge in [0.25, 0.3) is 0 Å². The molecule has 15 heavy (non-hydrogen) atoms. The highest BCUT2D eigenvalue weighted by molar-refractivity contribution is 5.49. The van der Waals surface area contributed by atoms with Crippen molar-refractivity contribution in [1.29, 1.82) is 0 Å². The summed E-state index contributed by atoms with van der Waals surface area (Å²) in [6.07, 6.45) is 4.49. The smallest absolute Gasteiger partial charge is 0.133 e. The molecule has 0 aromatic carbocycles. The first-order valence-electron chi connectivity index (χ1n) is 5.59. The lowest BCUT2D eigenvalue weighted by molar-refractivity contribution is 0.646.